The van der Waals surface area contributed by atoms with Crippen LogP contribution in [0.5, 0.6) is 0 Å². The van der Waals surface area contributed by atoms with Gasteiger partial charge in [0.1, 0.15) is 10.7 Å². The average Bonchev–Trinajstić information content (AvgIpc) is 2.43. The van der Waals surface area contributed by atoms with E-state index in [2.05, 4.69) is 9.71 Å². The molecular weight excluding hydrogens is 317 g/mol. The molecule has 112 valence electrons. The van der Waals surface area contributed by atoms with Gasteiger partial charge in [0.15, 0.2) is 0 Å². The molecule has 0 fully saturated rings. The molecule has 0 spiro atoms. The third-order valence-corrected chi connectivity index (χ3v) is 4.44. The van der Waals surface area contributed by atoms with Crippen LogP contribution < -0.4 is 10.5 Å². The van der Waals surface area contributed by atoms with Crippen molar-refractivity contribution >= 4 is 27.3 Å². The lowest BCUT2D eigenvalue weighted by molar-refractivity contribution is 0.561. The maximum absolute atomic E-state index is 14.2. The van der Waals surface area contributed by atoms with Crippen LogP contribution in [0.1, 0.15) is 11.1 Å². The van der Waals surface area contributed by atoms with Crippen LogP contribution in [-0.4, -0.2) is 13.4 Å². The van der Waals surface area contributed by atoms with Crippen molar-refractivity contribution in [2.24, 2.45) is 5.73 Å². The first kappa shape index (κ1) is 15.7. The minimum Gasteiger partial charge on any atom is -0.326 e. The van der Waals surface area contributed by atoms with Gasteiger partial charge in [0.05, 0.1) is 5.69 Å². The van der Waals surface area contributed by atoms with Crippen LogP contribution in [0.25, 0.3) is 0 Å². The summed E-state index contributed by atoms with van der Waals surface area (Å²) in [5.74, 6) is -0.902. The summed E-state index contributed by atoms with van der Waals surface area (Å²) in [5, 5.41) is 0.101. The number of anilines is 1. The van der Waals surface area contributed by atoms with Gasteiger partial charge >= 0.3 is 0 Å². The molecule has 2 aromatic rings. The SMILES string of the molecule is Cc1cnccc1NS(=O)(=O)c1cc(Cl)cc(CN)c1F. The van der Waals surface area contributed by atoms with Crippen molar-refractivity contribution in [2.45, 2.75) is 18.4 Å². The Kier molecular flexibility index (Phi) is 4.46. The smallest absolute Gasteiger partial charge is 0.264 e. The third-order valence-electron chi connectivity index (χ3n) is 2.85. The predicted octanol–water partition coefficient (Wildman–Crippen LogP) is 2.44. The van der Waals surface area contributed by atoms with E-state index in [1.54, 1.807) is 6.92 Å². The summed E-state index contributed by atoms with van der Waals surface area (Å²) in [6.45, 7) is 1.54. The highest BCUT2D eigenvalue weighted by Crippen LogP contribution is 2.26. The monoisotopic (exact) mass is 329 g/mol. The average molecular weight is 330 g/mol. The Bertz CT molecular complexity index is 781. The Hall–Kier alpha value is -1.70. The number of benzene rings is 1. The van der Waals surface area contributed by atoms with E-state index in [0.717, 1.165) is 6.07 Å². The molecule has 0 amide bonds. The molecule has 8 heteroatoms. The molecule has 1 heterocycles. The molecule has 0 saturated heterocycles. The fraction of sp³-hybridized carbons (Fsp3) is 0.154. The lowest BCUT2D eigenvalue weighted by Gasteiger charge is -2.12. The Morgan fingerprint density at radius 1 is 1.43 bits per heavy atom. The van der Waals surface area contributed by atoms with Crippen molar-refractivity contribution in [3.05, 3.63) is 52.6 Å². The second kappa shape index (κ2) is 5.97. The number of halogens is 2. The quantitative estimate of drug-likeness (QED) is 0.902. The zero-order chi connectivity index (χ0) is 15.6. The highest BCUT2D eigenvalue weighted by Gasteiger charge is 2.22. The van der Waals surface area contributed by atoms with Crippen LogP contribution in [0.2, 0.25) is 5.02 Å². The number of aromatic nitrogens is 1. The first-order valence-corrected chi connectivity index (χ1v) is 7.82. The van der Waals surface area contributed by atoms with Crippen LogP contribution in [0.3, 0.4) is 0 Å². The highest BCUT2D eigenvalue weighted by atomic mass is 35.5. The number of sulfonamides is 1. The number of hydrogen-bond acceptors (Lipinski definition) is 4. The number of nitrogens with one attached hydrogen (secondary N) is 1. The number of nitrogens with two attached hydrogens (primary N) is 1. The Balaban J connectivity index is 2.50. The Labute approximate surface area is 127 Å². The van der Waals surface area contributed by atoms with Crippen molar-refractivity contribution in [3.8, 4) is 0 Å². The predicted molar refractivity (Wildman–Crippen MR) is 79.1 cm³/mol. The Morgan fingerprint density at radius 3 is 2.76 bits per heavy atom. The second-order valence-corrected chi connectivity index (χ2v) is 6.46. The van der Waals surface area contributed by atoms with Gasteiger partial charge in [-0.15, -0.1) is 0 Å². The lowest BCUT2D eigenvalue weighted by Crippen LogP contribution is -2.17. The number of aryl methyl sites for hydroxylation is 1. The molecule has 0 radical (unpaired) electrons. The maximum Gasteiger partial charge on any atom is 0.264 e. The van der Waals surface area contributed by atoms with Gasteiger partial charge in [0.2, 0.25) is 0 Å². The number of rotatable bonds is 4. The van der Waals surface area contributed by atoms with Gasteiger partial charge in [-0.1, -0.05) is 11.6 Å². The lowest BCUT2D eigenvalue weighted by atomic mass is 10.2. The fourth-order valence-corrected chi connectivity index (χ4v) is 3.33. The zero-order valence-electron chi connectivity index (χ0n) is 11.1. The molecule has 0 aliphatic heterocycles. The van der Waals surface area contributed by atoms with Gasteiger partial charge in [0.25, 0.3) is 10.0 Å². The molecule has 1 aromatic heterocycles. The van der Waals surface area contributed by atoms with E-state index in [-0.39, 0.29) is 17.1 Å². The molecule has 5 nitrogen and oxygen atoms in total. The van der Waals surface area contributed by atoms with Gasteiger partial charge in [-0.2, -0.15) is 0 Å². The summed E-state index contributed by atoms with van der Waals surface area (Å²) in [5.41, 5.74) is 6.35. The van der Waals surface area contributed by atoms with E-state index >= 15 is 0 Å². The number of pyridine rings is 1. The van der Waals surface area contributed by atoms with Gasteiger partial charge < -0.3 is 5.73 Å². The minimum atomic E-state index is -4.11. The molecule has 0 bridgehead atoms. The molecule has 3 N–H and O–H groups in total. The molecule has 0 atom stereocenters. The van der Waals surface area contributed by atoms with E-state index in [0.29, 0.717) is 11.3 Å². The standard InChI is InChI=1S/C13H13ClFN3O2S/c1-8-7-17-3-2-11(8)18-21(19,20)12-5-10(14)4-9(6-16)13(12)15/h2-5,7H,6,16H2,1H3,(H,17,18). The van der Waals surface area contributed by atoms with E-state index < -0.39 is 20.7 Å². The topological polar surface area (TPSA) is 85.1 Å². The molecule has 2 rings (SSSR count). The van der Waals surface area contributed by atoms with Gasteiger partial charge in [0, 0.05) is 29.5 Å². The summed E-state index contributed by atoms with van der Waals surface area (Å²) >= 11 is 5.82. The van der Waals surface area contributed by atoms with E-state index in [1.807, 2.05) is 0 Å². The maximum atomic E-state index is 14.2. The van der Waals surface area contributed by atoms with Gasteiger partial charge in [-0.25, -0.2) is 12.8 Å². The first-order chi connectivity index (χ1) is 9.85. The first-order valence-electron chi connectivity index (χ1n) is 5.96. The van der Waals surface area contributed by atoms with Crippen LogP contribution >= 0.6 is 11.6 Å². The fourth-order valence-electron chi connectivity index (χ4n) is 1.75. The van der Waals surface area contributed by atoms with Crippen molar-refractivity contribution in [2.75, 3.05) is 4.72 Å². The molecule has 0 aliphatic carbocycles. The molecule has 0 unspecified atom stereocenters. The van der Waals surface area contributed by atoms with Crippen LogP contribution in [-0.2, 0) is 16.6 Å². The molecule has 0 aliphatic rings. The molecule has 21 heavy (non-hydrogen) atoms. The zero-order valence-corrected chi connectivity index (χ0v) is 12.7. The minimum absolute atomic E-state index is 0.0364. The van der Waals surface area contributed by atoms with Crippen molar-refractivity contribution in [3.63, 3.8) is 0 Å². The van der Waals surface area contributed by atoms with Gasteiger partial charge in [-0.3, -0.25) is 9.71 Å². The molecule has 0 saturated carbocycles. The molecule has 1 aromatic carbocycles. The largest absolute Gasteiger partial charge is 0.326 e. The van der Waals surface area contributed by atoms with Crippen molar-refractivity contribution in [1.29, 1.82) is 0 Å². The Morgan fingerprint density at radius 2 is 2.14 bits per heavy atom. The third kappa shape index (κ3) is 3.31. The van der Waals surface area contributed by atoms with E-state index in [1.165, 1.54) is 24.5 Å². The second-order valence-electron chi connectivity index (χ2n) is 4.38. The van der Waals surface area contributed by atoms with Gasteiger partial charge in [-0.05, 0) is 30.7 Å². The number of hydrogen-bond donors (Lipinski definition) is 2. The normalized spacial score (nSPS) is 11.4. The summed E-state index contributed by atoms with van der Waals surface area (Å²) in [4.78, 5) is 3.32. The van der Waals surface area contributed by atoms with E-state index in [4.69, 9.17) is 17.3 Å². The van der Waals surface area contributed by atoms with Crippen LogP contribution in [0, 0.1) is 12.7 Å². The highest BCUT2D eigenvalue weighted by molar-refractivity contribution is 7.92. The van der Waals surface area contributed by atoms with Crippen LogP contribution in [0.4, 0.5) is 10.1 Å². The summed E-state index contributed by atoms with van der Waals surface area (Å²) in [6.07, 6.45) is 2.93. The summed E-state index contributed by atoms with van der Waals surface area (Å²) < 4.78 is 41.1. The summed E-state index contributed by atoms with van der Waals surface area (Å²) in [6, 6.07) is 3.84. The summed E-state index contributed by atoms with van der Waals surface area (Å²) in [7, 11) is -4.11. The van der Waals surface area contributed by atoms with Crippen molar-refractivity contribution in [1.82, 2.24) is 4.98 Å². The van der Waals surface area contributed by atoms with E-state index in [9.17, 15) is 12.8 Å². The molecular formula is C13H13ClFN3O2S. The number of nitrogens with zero attached hydrogens (tertiary/aromatic N) is 1. The van der Waals surface area contributed by atoms with Crippen LogP contribution in [0.15, 0.2) is 35.5 Å². The van der Waals surface area contributed by atoms with Crippen molar-refractivity contribution < 1.29 is 12.8 Å².